The molecule has 1 aromatic heterocycles. The molecule has 0 bridgehead atoms. The summed E-state index contributed by atoms with van der Waals surface area (Å²) >= 11 is 0. The second-order valence-corrected chi connectivity index (χ2v) is 5.59. The highest BCUT2D eigenvalue weighted by molar-refractivity contribution is 5.83. The van der Waals surface area contributed by atoms with Crippen molar-refractivity contribution in [1.29, 1.82) is 0 Å². The Hall–Kier alpha value is -1.77. The van der Waals surface area contributed by atoms with E-state index in [0.29, 0.717) is 18.2 Å². The number of hydrogen-bond donors (Lipinski definition) is 1. The summed E-state index contributed by atoms with van der Waals surface area (Å²) in [5.41, 5.74) is 2.48. The van der Waals surface area contributed by atoms with Crippen LogP contribution in [-0.4, -0.2) is 28.9 Å². The van der Waals surface area contributed by atoms with Crippen LogP contribution in [-0.2, 0) is 11.2 Å². The van der Waals surface area contributed by atoms with Crippen LogP contribution in [0.3, 0.4) is 0 Å². The van der Waals surface area contributed by atoms with Crippen molar-refractivity contribution in [3.05, 3.63) is 36.0 Å². The van der Waals surface area contributed by atoms with Crippen molar-refractivity contribution in [3.63, 3.8) is 0 Å². The SMILES string of the molecule is CC1CCN(CCc2c[nH]c3ccccc23)C(=O)C1. The third-order valence-corrected chi connectivity index (χ3v) is 4.09. The number of piperidine rings is 1. The van der Waals surface area contributed by atoms with Crippen LogP contribution in [0.25, 0.3) is 10.9 Å². The molecule has 0 saturated carbocycles. The number of benzene rings is 1. The Kier molecular flexibility index (Phi) is 3.28. The maximum atomic E-state index is 11.9. The van der Waals surface area contributed by atoms with E-state index in [0.717, 1.165) is 25.9 Å². The fourth-order valence-electron chi connectivity index (χ4n) is 2.86. The van der Waals surface area contributed by atoms with Gasteiger partial charge in [-0.3, -0.25) is 4.79 Å². The summed E-state index contributed by atoms with van der Waals surface area (Å²) in [7, 11) is 0. The predicted octanol–water partition coefficient (Wildman–Crippen LogP) is 2.97. The smallest absolute Gasteiger partial charge is 0.222 e. The first-order chi connectivity index (χ1) is 9.24. The average Bonchev–Trinajstić information content (AvgIpc) is 2.81. The lowest BCUT2D eigenvalue weighted by Gasteiger charge is -2.30. The molecular weight excluding hydrogens is 236 g/mol. The lowest BCUT2D eigenvalue weighted by Crippen LogP contribution is -2.39. The lowest BCUT2D eigenvalue weighted by atomic mass is 9.98. The van der Waals surface area contributed by atoms with Gasteiger partial charge in [0.15, 0.2) is 0 Å². The van der Waals surface area contributed by atoms with Gasteiger partial charge in [0.1, 0.15) is 0 Å². The van der Waals surface area contributed by atoms with Crippen molar-refractivity contribution in [2.24, 2.45) is 5.92 Å². The summed E-state index contributed by atoms with van der Waals surface area (Å²) in [6.45, 7) is 3.92. The van der Waals surface area contributed by atoms with E-state index in [-0.39, 0.29) is 0 Å². The molecule has 1 aromatic carbocycles. The molecule has 1 amide bonds. The first-order valence-electron chi connectivity index (χ1n) is 7.07. The van der Waals surface area contributed by atoms with E-state index in [1.54, 1.807) is 0 Å². The third-order valence-electron chi connectivity index (χ3n) is 4.09. The molecule has 19 heavy (non-hydrogen) atoms. The van der Waals surface area contributed by atoms with Gasteiger partial charge in [0.2, 0.25) is 5.91 Å². The summed E-state index contributed by atoms with van der Waals surface area (Å²) in [5, 5.41) is 1.28. The van der Waals surface area contributed by atoms with E-state index in [1.807, 2.05) is 11.0 Å². The Balaban J connectivity index is 1.68. The van der Waals surface area contributed by atoms with E-state index in [1.165, 1.54) is 16.5 Å². The second kappa shape index (κ2) is 5.08. The Morgan fingerprint density at radius 1 is 1.37 bits per heavy atom. The van der Waals surface area contributed by atoms with Crippen LogP contribution < -0.4 is 0 Å². The Labute approximate surface area is 113 Å². The van der Waals surface area contributed by atoms with Crippen LogP contribution in [0.1, 0.15) is 25.3 Å². The summed E-state index contributed by atoms with van der Waals surface area (Å²) in [5.74, 6) is 0.871. The van der Waals surface area contributed by atoms with E-state index in [9.17, 15) is 4.79 Å². The van der Waals surface area contributed by atoms with E-state index in [4.69, 9.17) is 0 Å². The fourth-order valence-corrected chi connectivity index (χ4v) is 2.86. The first kappa shape index (κ1) is 12.3. The number of nitrogens with zero attached hydrogens (tertiary/aromatic N) is 1. The van der Waals surface area contributed by atoms with Gasteiger partial charge in [0.05, 0.1) is 0 Å². The molecule has 1 fully saturated rings. The van der Waals surface area contributed by atoms with Gasteiger partial charge in [-0.2, -0.15) is 0 Å². The topological polar surface area (TPSA) is 36.1 Å². The zero-order valence-electron chi connectivity index (χ0n) is 11.4. The molecule has 1 unspecified atom stereocenters. The molecule has 100 valence electrons. The summed E-state index contributed by atoms with van der Waals surface area (Å²) in [6, 6.07) is 8.33. The van der Waals surface area contributed by atoms with Crippen molar-refractivity contribution in [1.82, 2.24) is 9.88 Å². The number of nitrogens with one attached hydrogen (secondary N) is 1. The van der Waals surface area contributed by atoms with Gasteiger partial charge in [0.25, 0.3) is 0 Å². The minimum atomic E-state index is 0.318. The molecule has 0 radical (unpaired) electrons. The van der Waals surface area contributed by atoms with Gasteiger partial charge in [0, 0.05) is 36.6 Å². The van der Waals surface area contributed by atoms with Crippen LogP contribution in [0.4, 0.5) is 0 Å². The van der Waals surface area contributed by atoms with Gasteiger partial charge >= 0.3 is 0 Å². The number of aromatic nitrogens is 1. The minimum Gasteiger partial charge on any atom is -0.361 e. The predicted molar refractivity (Wildman–Crippen MR) is 77.0 cm³/mol. The molecule has 1 atom stereocenters. The van der Waals surface area contributed by atoms with Crippen LogP contribution in [0.5, 0.6) is 0 Å². The van der Waals surface area contributed by atoms with Gasteiger partial charge in [-0.15, -0.1) is 0 Å². The molecule has 0 spiro atoms. The summed E-state index contributed by atoms with van der Waals surface area (Å²) < 4.78 is 0. The molecule has 1 aliphatic heterocycles. The second-order valence-electron chi connectivity index (χ2n) is 5.59. The Morgan fingerprint density at radius 2 is 2.21 bits per heavy atom. The third kappa shape index (κ3) is 2.50. The number of amides is 1. The van der Waals surface area contributed by atoms with Crippen LogP contribution in [0.15, 0.2) is 30.5 Å². The van der Waals surface area contributed by atoms with Crippen molar-refractivity contribution >= 4 is 16.8 Å². The van der Waals surface area contributed by atoms with Crippen LogP contribution in [0.2, 0.25) is 0 Å². The zero-order chi connectivity index (χ0) is 13.2. The quantitative estimate of drug-likeness (QED) is 0.900. The molecule has 0 aliphatic carbocycles. The highest BCUT2D eigenvalue weighted by atomic mass is 16.2. The molecule has 1 aliphatic rings. The first-order valence-corrected chi connectivity index (χ1v) is 7.07. The average molecular weight is 256 g/mol. The number of hydrogen-bond acceptors (Lipinski definition) is 1. The van der Waals surface area contributed by atoms with Gasteiger partial charge in [-0.05, 0) is 30.4 Å². The van der Waals surface area contributed by atoms with Crippen molar-refractivity contribution < 1.29 is 4.79 Å². The highest BCUT2D eigenvalue weighted by Crippen LogP contribution is 2.21. The number of rotatable bonds is 3. The van der Waals surface area contributed by atoms with Gasteiger partial charge in [-0.25, -0.2) is 0 Å². The van der Waals surface area contributed by atoms with Crippen molar-refractivity contribution in [2.45, 2.75) is 26.2 Å². The number of fused-ring (bicyclic) bond motifs is 1. The summed E-state index contributed by atoms with van der Waals surface area (Å²) in [4.78, 5) is 17.3. The van der Waals surface area contributed by atoms with Crippen LogP contribution in [0, 0.1) is 5.92 Å². The fraction of sp³-hybridized carbons (Fsp3) is 0.438. The number of H-pyrrole nitrogens is 1. The minimum absolute atomic E-state index is 0.318. The van der Waals surface area contributed by atoms with E-state index in [2.05, 4.69) is 36.3 Å². The molecule has 2 aromatic rings. The van der Waals surface area contributed by atoms with Crippen LogP contribution >= 0.6 is 0 Å². The number of likely N-dealkylation sites (tertiary alicyclic amines) is 1. The van der Waals surface area contributed by atoms with Crippen molar-refractivity contribution in [3.8, 4) is 0 Å². The standard InChI is InChI=1S/C16H20N2O/c1-12-6-8-18(16(19)10-12)9-7-13-11-17-15-5-3-2-4-14(13)15/h2-5,11-12,17H,6-10H2,1H3. The number of carbonyl (C=O) groups excluding carboxylic acids is 1. The molecule has 1 saturated heterocycles. The lowest BCUT2D eigenvalue weighted by molar-refractivity contribution is -0.134. The molecule has 3 heteroatoms. The molecular formula is C16H20N2O. The number of carbonyl (C=O) groups is 1. The normalized spacial score (nSPS) is 20.2. The van der Waals surface area contributed by atoms with Gasteiger partial charge < -0.3 is 9.88 Å². The van der Waals surface area contributed by atoms with E-state index >= 15 is 0 Å². The Morgan fingerprint density at radius 3 is 3.05 bits per heavy atom. The number of para-hydroxylation sites is 1. The molecule has 2 heterocycles. The monoisotopic (exact) mass is 256 g/mol. The molecule has 1 N–H and O–H groups in total. The van der Waals surface area contributed by atoms with Crippen molar-refractivity contribution in [2.75, 3.05) is 13.1 Å². The highest BCUT2D eigenvalue weighted by Gasteiger charge is 2.22. The molecule has 3 nitrogen and oxygen atoms in total. The van der Waals surface area contributed by atoms with Gasteiger partial charge in [-0.1, -0.05) is 25.1 Å². The Bertz CT molecular complexity index is 587. The zero-order valence-corrected chi connectivity index (χ0v) is 11.4. The largest absolute Gasteiger partial charge is 0.361 e. The maximum Gasteiger partial charge on any atom is 0.222 e. The number of aromatic amines is 1. The molecule has 3 rings (SSSR count). The van der Waals surface area contributed by atoms with E-state index < -0.39 is 0 Å². The summed E-state index contributed by atoms with van der Waals surface area (Å²) in [6.07, 6.45) is 4.86. The maximum absolute atomic E-state index is 11.9.